The van der Waals surface area contributed by atoms with Crippen LogP contribution < -0.4 is 5.32 Å². The summed E-state index contributed by atoms with van der Waals surface area (Å²) in [5.41, 5.74) is 1.78. The minimum atomic E-state index is -3.17. The number of nitrogens with one attached hydrogen (secondary N) is 1. The third-order valence-corrected chi connectivity index (χ3v) is 3.75. The van der Waals surface area contributed by atoms with Crippen LogP contribution in [0.25, 0.3) is 10.9 Å². The molecule has 0 aliphatic heterocycles. The van der Waals surface area contributed by atoms with Crippen molar-refractivity contribution in [2.45, 2.75) is 11.8 Å². The lowest BCUT2D eigenvalue weighted by atomic mass is 10.1. The fraction of sp³-hybridized carbons (Fsp3) is 0.250. The van der Waals surface area contributed by atoms with Crippen molar-refractivity contribution in [3.05, 3.63) is 29.8 Å². The highest BCUT2D eigenvalue weighted by Gasteiger charge is 2.09. The molecule has 17 heavy (non-hydrogen) atoms. The molecule has 4 nitrogen and oxygen atoms in total. The summed E-state index contributed by atoms with van der Waals surface area (Å²) in [5, 5.41) is 3.84. The Morgan fingerprint density at radius 1 is 1.24 bits per heavy atom. The molecule has 0 saturated carbocycles. The van der Waals surface area contributed by atoms with Crippen molar-refractivity contribution < 1.29 is 8.42 Å². The first-order valence-corrected chi connectivity index (χ1v) is 7.10. The predicted octanol–water partition coefficient (Wildman–Crippen LogP) is 1.99. The molecule has 0 spiro atoms. The number of rotatable bonds is 2. The van der Waals surface area contributed by atoms with Crippen LogP contribution in [0.15, 0.2) is 29.2 Å². The fourth-order valence-electron chi connectivity index (χ4n) is 1.74. The summed E-state index contributed by atoms with van der Waals surface area (Å²) < 4.78 is 22.9. The molecule has 1 N–H and O–H groups in total. The summed E-state index contributed by atoms with van der Waals surface area (Å²) in [4.78, 5) is 4.73. The highest BCUT2D eigenvalue weighted by molar-refractivity contribution is 7.90. The Morgan fingerprint density at radius 2 is 1.94 bits per heavy atom. The number of anilines is 1. The topological polar surface area (TPSA) is 59.1 Å². The molecule has 1 aromatic carbocycles. The number of sulfone groups is 1. The Hall–Kier alpha value is -1.62. The molecule has 1 heterocycles. The second-order valence-electron chi connectivity index (χ2n) is 4.03. The van der Waals surface area contributed by atoms with E-state index < -0.39 is 9.84 Å². The Balaban J connectivity index is 2.72. The van der Waals surface area contributed by atoms with Crippen molar-refractivity contribution in [2.75, 3.05) is 18.6 Å². The molecular weight excluding hydrogens is 236 g/mol. The maximum atomic E-state index is 11.5. The largest absolute Gasteiger partial charge is 0.373 e. The van der Waals surface area contributed by atoms with E-state index in [4.69, 9.17) is 0 Å². The normalized spacial score (nSPS) is 11.7. The van der Waals surface area contributed by atoms with Gasteiger partial charge in [0, 0.05) is 18.7 Å². The van der Waals surface area contributed by atoms with Crippen LogP contribution in [0.1, 0.15) is 5.56 Å². The van der Waals surface area contributed by atoms with Gasteiger partial charge in [0.1, 0.15) is 5.82 Å². The van der Waals surface area contributed by atoms with Gasteiger partial charge in [-0.05, 0) is 36.8 Å². The molecule has 90 valence electrons. The Labute approximate surface area is 101 Å². The lowest BCUT2D eigenvalue weighted by Gasteiger charge is -2.07. The van der Waals surface area contributed by atoms with Crippen LogP contribution in [0.5, 0.6) is 0 Å². The van der Waals surface area contributed by atoms with Crippen LogP contribution in [-0.2, 0) is 9.84 Å². The number of nitrogens with zero attached hydrogens (tertiary/aromatic N) is 1. The van der Waals surface area contributed by atoms with Crippen molar-refractivity contribution in [1.29, 1.82) is 0 Å². The smallest absolute Gasteiger partial charge is 0.175 e. The lowest BCUT2D eigenvalue weighted by molar-refractivity contribution is 0.602. The van der Waals surface area contributed by atoms with Gasteiger partial charge in [0.2, 0.25) is 0 Å². The van der Waals surface area contributed by atoms with Crippen LogP contribution in [0.3, 0.4) is 0 Å². The first kappa shape index (κ1) is 11.9. The molecule has 0 saturated heterocycles. The van der Waals surface area contributed by atoms with Gasteiger partial charge in [0.05, 0.1) is 10.4 Å². The summed E-state index contributed by atoms with van der Waals surface area (Å²) in [6.45, 7) is 1.94. The number of pyridine rings is 1. The molecule has 0 aliphatic carbocycles. The van der Waals surface area contributed by atoms with Gasteiger partial charge in [-0.25, -0.2) is 13.4 Å². The van der Waals surface area contributed by atoms with Gasteiger partial charge in [-0.1, -0.05) is 0 Å². The Kier molecular flexibility index (Phi) is 2.79. The molecule has 0 atom stereocenters. The van der Waals surface area contributed by atoms with Crippen molar-refractivity contribution in [2.24, 2.45) is 0 Å². The van der Waals surface area contributed by atoms with E-state index in [0.717, 1.165) is 22.3 Å². The van der Waals surface area contributed by atoms with Gasteiger partial charge in [-0.3, -0.25) is 0 Å². The molecule has 5 heteroatoms. The van der Waals surface area contributed by atoms with Gasteiger partial charge in [-0.15, -0.1) is 0 Å². The fourth-order valence-corrected chi connectivity index (χ4v) is 2.40. The van der Waals surface area contributed by atoms with Gasteiger partial charge in [-0.2, -0.15) is 0 Å². The van der Waals surface area contributed by atoms with E-state index in [1.807, 2.05) is 20.0 Å². The predicted molar refractivity (Wildman–Crippen MR) is 69.1 cm³/mol. The average Bonchev–Trinajstić information content (AvgIpc) is 2.26. The summed E-state index contributed by atoms with van der Waals surface area (Å²) in [6.07, 6.45) is 1.20. The van der Waals surface area contributed by atoms with Crippen LogP contribution >= 0.6 is 0 Å². The Morgan fingerprint density at radius 3 is 2.53 bits per heavy atom. The number of aryl methyl sites for hydroxylation is 1. The van der Waals surface area contributed by atoms with Crippen LogP contribution in [0, 0.1) is 6.92 Å². The third kappa shape index (κ3) is 2.24. The first-order chi connectivity index (χ1) is 7.91. The quantitative estimate of drug-likeness (QED) is 0.885. The standard InChI is InChI=1S/C12H14N2O2S/c1-8-6-9-7-10(17(3,15)16)4-5-11(9)14-12(8)13-2/h4-7H,1-3H3,(H,13,14). The number of fused-ring (bicyclic) bond motifs is 1. The van der Waals surface area contributed by atoms with Gasteiger partial charge in [0.25, 0.3) is 0 Å². The highest BCUT2D eigenvalue weighted by atomic mass is 32.2. The molecule has 2 rings (SSSR count). The zero-order valence-corrected chi connectivity index (χ0v) is 10.8. The minimum absolute atomic E-state index is 0.323. The van der Waals surface area contributed by atoms with Crippen molar-refractivity contribution in [3.63, 3.8) is 0 Å². The molecule has 0 radical (unpaired) electrons. The molecule has 0 aliphatic rings. The Bertz CT molecular complexity index is 678. The second kappa shape index (κ2) is 4.00. The van der Waals surface area contributed by atoms with Crippen LogP contribution in [0.4, 0.5) is 5.82 Å². The molecule has 1 aromatic heterocycles. The molecular formula is C12H14N2O2S. The van der Waals surface area contributed by atoms with Gasteiger partial charge < -0.3 is 5.32 Å². The average molecular weight is 250 g/mol. The maximum Gasteiger partial charge on any atom is 0.175 e. The minimum Gasteiger partial charge on any atom is -0.373 e. The number of hydrogen-bond acceptors (Lipinski definition) is 4. The van der Waals surface area contributed by atoms with Crippen LogP contribution in [-0.4, -0.2) is 26.7 Å². The van der Waals surface area contributed by atoms with Gasteiger partial charge in [0.15, 0.2) is 9.84 Å². The third-order valence-electron chi connectivity index (χ3n) is 2.64. The zero-order valence-electron chi connectivity index (χ0n) is 9.98. The molecule has 0 bridgehead atoms. The van der Waals surface area contributed by atoms with Crippen molar-refractivity contribution in [3.8, 4) is 0 Å². The summed E-state index contributed by atoms with van der Waals surface area (Å²) in [7, 11) is -1.35. The van der Waals surface area contributed by atoms with E-state index in [0.29, 0.717) is 4.90 Å². The molecule has 0 amide bonds. The van der Waals surface area contributed by atoms with E-state index in [1.165, 1.54) is 6.26 Å². The van der Waals surface area contributed by atoms with Crippen molar-refractivity contribution in [1.82, 2.24) is 4.98 Å². The SMILES string of the molecule is CNc1nc2ccc(S(C)(=O)=O)cc2cc1C. The van der Waals surface area contributed by atoms with E-state index in [-0.39, 0.29) is 0 Å². The summed E-state index contributed by atoms with van der Waals surface area (Å²) in [6, 6.07) is 6.90. The first-order valence-electron chi connectivity index (χ1n) is 5.21. The number of aromatic nitrogens is 1. The van der Waals surface area contributed by atoms with E-state index in [1.54, 1.807) is 18.2 Å². The highest BCUT2D eigenvalue weighted by Crippen LogP contribution is 2.22. The van der Waals surface area contributed by atoms with E-state index in [2.05, 4.69) is 10.3 Å². The molecule has 2 aromatic rings. The maximum absolute atomic E-state index is 11.5. The number of benzene rings is 1. The number of hydrogen-bond donors (Lipinski definition) is 1. The van der Waals surface area contributed by atoms with E-state index in [9.17, 15) is 8.42 Å². The van der Waals surface area contributed by atoms with E-state index >= 15 is 0 Å². The van der Waals surface area contributed by atoms with Gasteiger partial charge >= 0.3 is 0 Å². The second-order valence-corrected chi connectivity index (χ2v) is 6.05. The molecule has 0 fully saturated rings. The zero-order chi connectivity index (χ0) is 12.6. The lowest BCUT2D eigenvalue weighted by Crippen LogP contribution is -1.99. The molecule has 0 unspecified atom stereocenters. The monoisotopic (exact) mass is 250 g/mol. The summed E-state index contributed by atoms with van der Waals surface area (Å²) >= 11 is 0. The summed E-state index contributed by atoms with van der Waals surface area (Å²) in [5.74, 6) is 0.810. The van der Waals surface area contributed by atoms with Crippen molar-refractivity contribution >= 4 is 26.6 Å². The van der Waals surface area contributed by atoms with Crippen LogP contribution in [0.2, 0.25) is 0 Å².